The number of hydrogen-bond acceptors (Lipinski definition) is 9. The number of ketones is 3. The molecule has 1 aliphatic rings. The predicted octanol–water partition coefficient (Wildman–Crippen LogP) is 6.72. The average Bonchev–Trinajstić information content (AvgIpc) is 3.23. The summed E-state index contributed by atoms with van der Waals surface area (Å²) < 4.78 is 0. The second-order valence-electron chi connectivity index (χ2n) is 15.6. The Kier molecular flexibility index (Phi) is 15.4. The van der Waals surface area contributed by atoms with E-state index in [0.717, 1.165) is 11.1 Å². The Morgan fingerprint density at radius 2 is 1.50 bits per heavy atom. The van der Waals surface area contributed by atoms with E-state index in [2.05, 4.69) is 10.6 Å². The van der Waals surface area contributed by atoms with E-state index in [1.807, 2.05) is 24.3 Å². The van der Waals surface area contributed by atoms with Crippen molar-refractivity contribution in [3.63, 3.8) is 0 Å². The predicted molar refractivity (Wildman–Crippen MR) is 230 cm³/mol. The number of likely N-dealkylation sites (N-methyl/N-ethyl adjacent to an activating group) is 1. The van der Waals surface area contributed by atoms with Crippen LogP contribution in [0.5, 0.6) is 11.5 Å². The van der Waals surface area contributed by atoms with Crippen molar-refractivity contribution in [2.75, 3.05) is 13.6 Å². The number of hydrogen-bond donors (Lipinski definition) is 5. The van der Waals surface area contributed by atoms with Crippen molar-refractivity contribution in [2.45, 2.75) is 83.8 Å². The molecule has 6 N–H and O–H groups in total. The molecular weight excluding hydrogens is 784 g/mol. The molecule has 1 heterocycles. The number of unbranched alkanes of at least 4 members (excludes halogenated alkanes) is 1. The third-order valence-electron chi connectivity index (χ3n) is 11.1. The summed E-state index contributed by atoms with van der Waals surface area (Å²) in [7, 11) is 1.48. The van der Waals surface area contributed by atoms with Gasteiger partial charge in [0.15, 0.2) is 17.3 Å². The van der Waals surface area contributed by atoms with Gasteiger partial charge in [0.1, 0.15) is 23.6 Å². The largest absolute Gasteiger partial charge is 0.507 e. The van der Waals surface area contributed by atoms with Crippen LogP contribution in [0, 0.1) is 11.8 Å². The van der Waals surface area contributed by atoms with Crippen molar-refractivity contribution < 1.29 is 39.0 Å². The fourth-order valence-corrected chi connectivity index (χ4v) is 7.68. The van der Waals surface area contributed by atoms with E-state index in [1.165, 1.54) is 36.2 Å². The summed E-state index contributed by atoms with van der Waals surface area (Å²) >= 11 is 6.05. The zero-order valence-electron chi connectivity index (χ0n) is 34.4. The summed E-state index contributed by atoms with van der Waals surface area (Å²) in [6.45, 7) is 5.17. The second kappa shape index (κ2) is 20.4. The first-order valence-electron chi connectivity index (χ1n) is 20.3. The highest BCUT2D eigenvalue weighted by Gasteiger charge is 2.36. The van der Waals surface area contributed by atoms with E-state index < -0.39 is 53.5 Å². The number of Topliss-reactive ketones (excluding diaryl/α,β-unsaturated/α-hetero) is 3. The van der Waals surface area contributed by atoms with E-state index in [9.17, 15) is 39.0 Å². The van der Waals surface area contributed by atoms with Gasteiger partial charge >= 0.3 is 0 Å². The lowest BCUT2D eigenvalue weighted by Gasteiger charge is -2.32. The van der Waals surface area contributed by atoms with E-state index >= 15 is 0 Å². The fourth-order valence-electron chi connectivity index (χ4n) is 7.55. The maximum Gasteiger partial charge on any atom is 0.243 e. The number of fused-ring (bicyclic) bond motifs is 5. The number of carbonyl (C=O) groups excluding carboxylic acids is 6. The van der Waals surface area contributed by atoms with Crippen molar-refractivity contribution in [3.05, 3.63) is 107 Å². The molecule has 0 aromatic heterocycles. The fraction of sp³-hybridized carbons (Fsp3) is 0.362. The normalized spacial score (nSPS) is 17.7. The van der Waals surface area contributed by atoms with Crippen LogP contribution in [0.15, 0.2) is 84.9 Å². The number of halogens is 1. The van der Waals surface area contributed by atoms with E-state index in [0.29, 0.717) is 47.5 Å². The first kappa shape index (κ1) is 45.2. The molecule has 0 saturated carbocycles. The van der Waals surface area contributed by atoms with Crippen LogP contribution in [-0.2, 0) is 30.4 Å². The molecule has 3 amide bonds. The summed E-state index contributed by atoms with van der Waals surface area (Å²) in [6, 6.07) is 20.1. The van der Waals surface area contributed by atoms with E-state index in [-0.39, 0.29) is 59.9 Å². The standard InChI is InChI=1S/C47H53ClN4O8/c1-5-39(53)28(3)50-46(59)38-24-29-9-19-40(54)36(23-29)37-25-33(16-20-41(37)55)44(43(57)22-27(2)45(58)51-38)52(4)47(60)34(8-6-7-21-49)26-42(56)32-12-10-30(11-13-32)31-14-17-35(48)18-15-31/h9-20,23,25,27-28,34,38,44,54-55H,5-8,21-22,24,26,49H2,1-4H3,(H,50,59)(H,51,58)/t27-,28+,34-,38+,44+/m1/s1. The smallest absolute Gasteiger partial charge is 0.243 e. The Balaban J connectivity index is 1.49. The summed E-state index contributed by atoms with van der Waals surface area (Å²) in [4.78, 5) is 83.8. The Morgan fingerprint density at radius 1 is 0.883 bits per heavy atom. The Labute approximate surface area is 355 Å². The van der Waals surface area contributed by atoms with Gasteiger partial charge in [-0.05, 0) is 85.0 Å². The molecule has 1 aliphatic heterocycles. The number of carbonyl (C=O) groups is 6. The van der Waals surface area contributed by atoms with Crippen LogP contribution in [0.1, 0.15) is 86.8 Å². The van der Waals surface area contributed by atoms with Gasteiger partial charge in [-0.15, -0.1) is 0 Å². The van der Waals surface area contributed by atoms with Gasteiger partial charge in [-0.2, -0.15) is 0 Å². The van der Waals surface area contributed by atoms with Gasteiger partial charge in [-0.3, -0.25) is 28.8 Å². The zero-order valence-corrected chi connectivity index (χ0v) is 35.1. The van der Waals surface area contributed by atoms with Crippen molar-refractivity contribution in [1.82, 2.24) is 15.5 Å². The number of nitrogens with one attached hydrogen (secondary N) is 2. The third-order valence-corrected chi connectivity index (χ3v) is 11.4. The number of nitrogens with zero attached hydrogens (tertiary/aromatic N) is 1. The van der Waals surface area contributed by atoms with Crippen LogP contribution in [0.25, 0.3) is 22.3 Å². The van der Waals surface area contributed by atoms with Gasteiger partial charge in [-0.1, -0.05) is 80.4 Å². The van der Waals surface area contributed by atoms with Crippen LogP contribution < -0.4 is 16.4 Å². The molecule has 4 aromatic rings. The Bertz CT molecular complexity index is 2230. The van der Waals surface area contributed by atoms with E-state index in [4.69, 9.17) is 17.3 Å². The van der Waals surface area contributed by atoms with E-state index in [1.54, 1.807) is 57.2 Å². The van der Waals surface area contributed by atoms with Gasteiger partial charge in [0.2, 0.25) is 17.7 Å². The van der Waals surface area contributed by atoms with Crippen LogP contribution in [0.3, 0.4) is 0 Å². The Hall–Kier alpha value is -5.85. The lowest BCUT2D eigenvalue weighted by Crippen LogP contribution is -2.52. The zero-order chi connectivity index (χ0) is 43.7. The summed E-state index contributed by atoms with van der Waals surface area (Å²) in [5.41, 5.74) is 9.23. The summed E-state index contributed by atoms with van der Waals surface area (Å²) in [6.07, 6.45) is 1.18. The van der Waals surface area contributed by atoms with Gasteiger partial charge < -0.3 is 31.5 Å². The molecule has 0 radical (unpaired) electrons. The molecule has 60 heavy (non-hydrogen) atoms. The van der Waals surface area contributed by atoms with Crippen LogP contribution >= 0.6 is 11.6 Å². The van der Waals surface area contributed by atoms with Crippen LogP contribution in [0.2, 0.25) is 5.02 Å². The van der Waals surface area contributed by atoms with Crippen molar-refractivity contribution in [1.29, 1.82) is 0 Å². The van der Waals surface area contributed by atoms with Gasteiger partial charge in [0.05, 0.1) is 6.04 Å². The molecule has 0 aliphatic carbocycles. The van der Waals surface area contributed by atoms with Gasteiger partial charge in [0.25, 0.3) is 0 Å². The lowest BCUT2D eigenvalue weighted by molar-refractivity contribution is -0.142. The summed E-state index contributed by atoms with van der Waals surface area (Å²) in [5, 5.41) is 28.2. The number of rotatable bonds is 14. The minimum Gasteiger partial charge on any atom is -0.507 e. The molecule has 4 bridgehead atoms. The van der Waals surface area contributed by atoms with Crippen molar-refractivity contribution in [2.24, 2.45) is 17.6 Å². The number of aromatic hydroxyl groups is 2. The maximum atomic E-state index is 14.6. The quantitative estimate of drug-likeness (QED) is 0.0677. The highest BCUT2D eigenvalue weighted by atomic mass is 35.5. The molecule has 13 heteroatoms. The molecule has 0 saturated heterocycles. The monoisotopic (exact) mass is 836 g/mol. The topological polar surface area (TPSA) is 196 Å². The van der Waals surface area contributed by atoms with Crippen LogP contribution in [0.4, 0.5) is 0 Å². The molecule has 5 atom stereocenters. The number of phenols is 2. The highest BCUT2D eigenvalue weighted by Crippen LogP contribution is 2.39. The highest BCUT2D eigenvalue weighted by molar-refractivity contribution is 6.30. The molecule has 4 aromatic carbocycles. The third kappa shape index (κ3) is 11.0. The van der Waals surface area contributed by atoms with Crippen molar-refractivity contribution in [3.8, 4) is 33.8 Å². The first-order chi connectivity index (χ1) is 28.6. The Morgan fingerprint density at radius 3 is 2.13 bits per heavy atom. The minimum absolute atomic E-state index is 0.0321. The molecular formula is C47H53ClN4O8. The maximum absolute atomic E-state index is 14.6. The van der Waals surface area contributed by atoms with Gasteiger partial charge in [-0.25, -0.2) is 0 Å². The van der Waals surface area contributed by atoms with Gasteiger partial charge in [0, 0.05) is 66.3 Å². The lowest BCUT2D eigenvalue weighted by atomic mass is 9.88. The summed E-state index contributed by atoms with van der Waals surface area (Å²) in [5.74, 6) is -4.84. The minimum atomic E-state index is -1.27. The molecule has 0 unspecified atom stereocenters. The second-order valence-corrected chi connectivity index (χ2v) is 16.0. The molecule has 0 spiro atoms. The first-order valence-corrected chi connectivity index (χ1v) is 20.7. The number of nitrogens with two attached hydrogens (primary N) is 1. The molecule has 12 nitrogen and oxygen atoms in total. The number of amides is 3. The number of phenolic OH excluding ortho intramolecular Hbond substituents is 2. The van der Waals surface area contributed by atoms with Crippen LogP contribution in [-0.4, -0.2) is 75.9 Å². The molecule has 5 rings (SSSR count). The van der Waals surface area contributed by atoms with Crippen molar-refractivity contribution >= 4 is 46.7 Å². The average molecular weight is 837 g/mol. The SMILES string of the molecule is CCC(=O)[C@H](C)NC(=O)[C@@H]1Cc2ccc(O)c(c2)-c2cc(ccc2O)[C@H](N(C)C(=O)[C@H](CCCCN)CC(=O)c2ccc(-c3ccc(Cl)cc3)cc2)C(=O)C[C@@H](C)C(=O)N1. The molecule has 0 fully saturated rings. The molecule has 316 valence electrons. The number of benzene rings is 4.